The average molecular weight is 265 g/mol. The largest absolute Gasteiger partial charge is 0.481 e. The van der Waals surface area contributed by atoms with Gasteiger partial charge in [0.25, 0.3) is 5.91 Å². The lowest BCUT2D eigenvalue weighted by atomic mass is 9.99. The lowest BCUT2D eigenvalue weighted by Gasteiger charge is -2.13. The van der Waals surface area contributed by atoms with E-state index >= 15 is 0 Å². The van der Waals surface area contributed by atoms with Crippen molar-refractivity contribution in [2.45, 2.75) is 27.2 Å². The highest BCUT2D eigenvalue weighted by molar-refractivity contribution is 5.92. The van der Waals surface area contributed by atoms with E-state index in [1.165, 1.54) is 0 Å². The van der Waals surface area contributed by atoms with Crippen LogP contribution in [-0.2, 0) is 11.2 Å². The molecule has 2 atom stereocenters. The molecule has 0 aliphatic carbocycles. The number of carboxylic acid groups (broad SMARTS) is 1. The summed E-state index contributed by atoms with van der Waals surface area (Å²) in [5.74, 6) is -0.433. The molecule has 0 aromatic carbocycles. The molecule has 5 nitrogen and oxygen atoms in total. The number of hydrogen-bond donors (Lipinski definition) is 1. The first kappa shape index (κ1) is 13.6. The van der Waals surface area contributed by atoms with Crippen LogP contribution in [0.4, 0.5) is 0 Å². The zero-order valence-electron chi connectivity index (χ0n) is 11.5. The molecule has 1 amide bonds. The van der Waals surface area contributed by atoms with Crippen LogP contribution in [0.3, 0.4) is 0 Å². The zero-order chi connectivity index (χ0) is 14.2. The van der Waals surface area contributed by atoms with Crippen molar-refractivity contribution >= 4 is 11.9 Å². The van der Waals surface area contributed by atoms with Gasteiger partial charge in [-0.3, -0.25) is 9.59 Å². The number of hydrogen-bond acceptors (Lipinski definition) is 3. The van der Waals surface area contributed by atoms with Gasteiger partial charge in [-0.25, -0.2) is 0 Å². The van der Waals surface area contributed by atoms with Gasteiger partial charge in [0.1, 0.15) is 5.76 Å². The van der Waals surface area contributed by atoms with Crippen LogP contribution in [0.2, 0.25) is 0 Å². The van der Waals surface area contributed by atoms with E-state index in [1.807, 2.05) is 20.8 Å². The average Bonchev–Trinajstić information content (AvgIpc) is 2.91. The number of amides is 1. The number of carboxylic acids is 1. The molecule has 1 saturated heterocycles. The van der Waals surface area contributed by atoms with Gasteiger partial charge in [-0.05, 0) is 24.5 Å². The quantitative estimate of drug-likeness (QED) is 0.906. The highest BCUT2D eigenvalue weighted by Crippen LogP contribution is 2.26. The first-order valence-electron chi connectivity index (χ1n) is 6.55. The van der Waals surface area contributed by atoms with E-state index in [9.17, 15) is 9.59 Å². The lowest BCUT2D eigenvalue weighted by molar-refractivity contribution is -0.142. The van der Waals surface area contributed by atoms with Crippen LogP contribution in [0.1, 0.15) is 35.7 Å². The summed E-state index contributed by atoms with van der Waals surface area (Å²) in [4.78, 5) is 24.9. The SMILES string of the molecule is CCc1oc(C(=O)N2C[C@@H](C)[C@H](C(=O)O)C2)cc1C. The second-order valence-corrected chi connectivity index (χ2v) is 5.20. The molecular weight excluding hydrogens is 246 g/mol. The second-order valence-electron chi connectivity index (χ2n) is 5.20. The molecule has 1 aromatic rings. The summed E-state index contributed by atoms with van der Waals surface area (Å²) < 4.78 is 5.53. The van der Waals surface area contributed by atoms with Crippen molar-refractivity contribution in [1.29, 1.82) is 0 Å². The zero-order valence-corrected chi connectivity index (χ0v) is 11.5. The Morgan fingerprint density at radius 3 is 2.63 bits per heavy atom. The van der Waals surface area contributed by atoms with Crippen LogP contribution in [0.15, 0.2) is 10.5 Å². The fourth-order valence-corrected chi connectivity index (χ4v) is 2.59. The predicted octanol–water partition coefficient (Wildman–Crippen LogP) is 1.94. The van der Waals surface area contributed by atoms with E-state index in [1.54, 1.807) is 11.0 Å². The maximum atomic E-state index is 12.3. The smallest absolute Gasteiger partial charge is 0.308 e. The highest BCUT2D eigenvalue weighted by Gasteiger charge is 2.38. The van der Waals surface area contributed by atoms with Crippen molar-refractivity contribution in [3.63, 3.8) is 0 Å². The Kier molecular flexibility index (Phi) is 3.64. The van der Waals surface area contributed by atoms with Gasteiger partial charge in [-0.15, -0.1) is 0 Å². The fraction of sp³-hybridized carbons (Fsp3) is 0.571. The first-order valence-corrected chi connectivity index (χ1v) is 6.55. The first-order chi connectivity index (χ1) is 8.93. The highest BCUT2D eigenvalue weighted by atomic mass is 16.4. The number of carbonyl (C=O) groups is 2. The molecule has 2 heterocycles. The third-order valence-corrected chi connectivity index (χ3v) is 3.77. The van der Waals surface area contributed by atoms with Gasteiger partial charge in [0.15, 0.2) is 5.76 Å². The minimum absolute atomic E-state index is 0.0249. The second kappa shape index (κ2) is 5.07. The van der Waals surface area contributed by atoms with Gasteiger partial charge < -0.3 is 14.4 Å². The van der Waals surface area contributed by atoms with Crippen LogP contribution >= 0.6 is 0 Å². The van der Waals surface area contributed by atoms with E-state index in [2.05, 4.69) is 0 Å². The third-order valence-electron chi connectivity index (χ3n) is 3.77. The summed E-state index contributed by atoms with van der Waals surface area (Å²) in [6.07, 6.45) is 0.743. The van der Waals surface area contributed by atoms with E-state index in [-0.39, 0.29) is 18.4 Å². The van der Waals surface area contributed by atoms with Crippen LogP contribution in [0.25, 0.3) is 0 Å². The molecule has 1 N–H and O–H groups in total. The van der Waals surface area contributed by atoms with Crippen LogP contribution < -0.4 is 0 Å². The van der Waals surface area contributed by atoms with Crippen molar-refractivity contribution < 1.29 is 19.1 Å². The summed E-state index contributed by atoms with van der Waals surface area (Å²) in [5.41, 5.74) is 0.966. The maximum Gasteiger partial charge on any atom is 0.308 e. The number of likely N-dealkylation sites (tertiary alicyclic amines) is 1. The van der Waals surface area contributed by atoms with Gasteiger partial charge in [-0.1, -0.05) is 13.8 Å². The minimum atomic E-state index is -0.840. The molecule has 1 aliphatic heterocycles. The Labute approximate surface area is 112 Å². The number of nitrogens with zero attached hydrogens (tertiary/aromatic N) is 1. The third kappa shape index (κ3) is 2.50. The van der Waals surface area contributed by atoms with Crippen molar-refractivity contribution in [3.05, 3.63) is 23.2 Å². The van der Waals surface area contributed by atoms with Gasteiger partial charge in [0.05, 0.1) is 5.92 Å². The summed E-state index contributed by atoms with van der Waals surface area (Å²) >= 11 is 0. The predicted molar refractivity (Wildman–Crippen MR) is 69.0 cm³/mol. The molecule has 1 aliphatic rings. The molecule has 0 radical (unpaired) electrons. The molecule has 1 aromatic heterocycles. The molecule has 1 fully saturated rings. The van der Waals surface area contributed by atoms with Crippen molar-refractivity contribution in [1.82, 2.24) is 4.90 Å². The van der Waals surface area contributed by atoms with E-state index < -0.39 is 11.9 Å². The molecule has 0 bridgehead atoms. The lowest BCUT2D eigenvalue weighted by Crippen LogP contribution is -2.29. The number of furan rings is 1. The maximum absolute atomic E-state index is 12.3. The number of aryl methyl sites for hydroxylation is 2. The monoisotopic (exact) mass is 265 g/mol. The summed E-state index contributed by atoms with van der Waals surface area (Å²) in [6.45, 7) is 6.47. The molecule has 0 spiro atoms. The topological polar surface area (TPSA) is 70.8 Å². The van der Waals surface area contributed by atoms with Crippen LogP contribution in [0, 0.1) is 18.8 Å². The number of rotatable bonds is 3. The molecular formula is C14H19NO4. The van der Waals surface area contributed by atoms with Crippen molar-refractivity contribution in [2.24, 2.45) is 11.8 Å². The van der Waals surface area contributed by atoms with E-state index in [0.29, 0.717) is 12.3 Å². The number of carbonyl (C=O) groups excluding carboxylic acids is 1. The Morgan fingerprint density at radius 2 is 2.16 bits per heavy atom. The van der Waals surface area contributed by atoms with Crippen molar-refractivity contribution in [2.75, 3.05) is 13.1 Å². The van der Waals surface area contributed by atoms with Gasteiger partial charge >= 0.3 is 5.97 Å². The Hall–Kier alpha value is -1.78. The number of aliphatic carboxylic acids is 1. The van der Waals surface area contributed by atoms with Crippen molar-refractivity contribution in [3.8, 4) is 0 Å². The molecule has 0 saturated carbocycles. The molecule has 5 heteroatoms. The normalized spacial score (nSPS) is 22.8. The Morgan fingerprint density at radius 1 is 1.47 bits per heavy atom. The molecule has 0 unspecified atom stereocenters. The van der Waals surface area contributed by atoms with Crippen LogP contribution in [-0.4, -0.2) is 35.0 Å². The summed E-state index contributed by atoms with van der Waals surface area (Å²) in [6, 6.07) is 1.74. The van der Waals surface area contributed by atoms with Gasteiger partial charge in [0.2, 0.25) is 0 Å². The molecule has 19 heavy (non-hydrogen) atoms. The molecule has 104 valence electrons. The fourth-order valence-electron chi connectivity index (χ4n) is 2.59. The van der Waals surface area contributed by atoms with Gasteiger partial charge in [0, 0.05) is 19.5 Å². The Bertz CT molecular complexity index is 506. The summed E-state index contributed by atoms with van der Waals surface area (Å²) in [5, 5.41) is 9.08. The molecule has 2 rings (SSSR count). The van der Waals surface area contributed by atoms with E-state index in [4.69, 9.17) is 9.52 Å². The minimum Gasteiger partial charge on any atom is -0.481 e. The van der Waals surface area contributed by atoms with E-state index in [0.717, 1.165) is 17.7 Å². The van der Waals surface area contributed by atoms with Gasteiger partial charge in [-0.2, -0.15) is 0 Å². The summed E-state index contributed by atoms with van der Waals surface area (Å²) in [7, 11) is 0. The Balaban J connectivity index is 2.14. The standard InChI is InChI=1S/C14H19NO4/c1-4-11-8(2)5-12(19-11)13(16)15-6-9(3)10(7-15)14(17)18/h5,9-10H,4,6-7H2,1-3H3,(H,17,18)/t9-,10-/m1/s1. The van der Waals surface area contributed by atoms with Crippen LogP contribution in [0.5, 0.6) is 0 Å².